The van der Waals surface area contributed by atoms with Crippen molar-refractivity contribution in [3.8, 4) is 22.5 Å². The second-order valence-electron chi connectivity index (χ2n) is 18.2. The number of ether oxygens (including phenoxy) is 2. The van der Waals surface area contributed by atoms with E-state index in [9.17, 15) is 19.5 Å². The van der Waals surface area contributed by atoms with Crippen LogP contribution in [0.2, 0.25) is 0 Å². The molecule has 4 amide bonds. The Kier molecular flexibility index (Phi) is 13.5. The lowest BCUT2D eigenvalue weighted by Crippen LogP contribution is -2.64. The summed E-state index contributed by atoms with van der Waals surface area (Å²) in [5.74, 6) is -0.946. The summed E-state index contributed by atoms with van der Waals surface area (Å²) in [6.07, 6.45) is 4.49. The van der Waals surface area contributed by atoms with Crippen LogP contribution in [-0.4, -0.2) is 124 Å². The lowest BCUT2D eigenvalue weighted by molar-refractivity contribution is -0.143. The highest BCUT2D eigenvalue weighted by Crippen LogP contribution is 2.43. The van der Waals surface area contributed by atoms with Crippen LogP contribution in [0.15, 0.2) is 41.9 Å². The Morgan fingerprint density at radius 2 is 1.92 bits per heavy atom. The van der Waals surface area contributed by atoms with Gasteiger partial charge in [0, 0.05) is 74.4 Å². The zero-order valence-electron chi connectivity index (χ0n) is 37.2. The maximum atomic E-state index is 14.6. The Morgan fingerprint density at radius 3 is 2.62 bits per heavy atom. The molecule has 0 saturated carbocycles. The summed E-state index contributed by atoms with van der Waals surface area (Å²) < 4.78 is 13.6. The molecule has 6 heterocycles. The highest BCUT2D eigenvalue weighted by atomic mass is 32.1. The predicted octanol–water partition coefficient (Wildman–Crippen LogP) is 6.21. The monoisotopic (exact) mass is 856 g/mol. The van der Waals surface area contributed by atoms with Crippen LogP contribution >= 0.6 is 11.3 Å². The van der Waals surface area contributed by atoms with Crippen LogP contribution in [0.4, 0.5) is 4.79 Å². The van der Waals surface area contributed by atoms with Gasteiger partial charge >= 0.3 is 6.03 Å². The van der Waals surface area contributed by atoms with Gasteiger partial charge in [-0.2, -0.15) is 0 Å². The van der Waals surface area contributed by atoms with Gasteiger partial charge in [0.1, 0.15) is 12.1 Å². The van der Waals surface area contributed by atoms with E-state index in [1.165, 1.54) is 21.8 Å². The summed E-state index contributed by atoms with van der Waals surface area (Å²) in [4.78, 5) is 55.4. The number of aromatic nitrogens is 3. The Bertz CT molecular complexity index is 2210. The Hall–Kier alpha value is -4.41. The molecule has 1 unspecified atom stereocenters. The van der Waals surface area contributed by atoms with Gasteiger partial charge < -0.3 is 34.3 Å². The van der Waals surface area contributed by atoms with E-state index in [1.54, 1.807) is 31.2 Å². The highest BCUT2D eigenvalue weighted by molar-refractivity contribution is 7.10. The maximum absolute atomic E-state index is 14.6. The second-order valence-corrected chi connectivity index (χ2v) is 19.1. The van der Waals surface area contributed by atoms with E-state index in [1.807, 2.05) is 38.4 Å². The fraction of sp³-hybridized carbons (Fsp3) is 0.587. The van der Waals surface area contributed by atoms with Crippen molar-refractivity contribution in [2.45, 2.75) is 123 Å². The summed E-state index contributed by atoms with van der Waals surface area (Å²) in [5.41, 5.74) is 10.3. The number of urea groups is 1. The number of hydrogen-bond donors (Lipinski definition) is 3. The van der Waals surface area contributed by atoms with Gasteiger partial charge in [-0.3, -0.25) is 19.6 Å². The largest absolute Gasteiger partial charge is 0.391 e. The first kappa shape index (κ1) is 44.6. The third-order valence-corrected chi connectivity index (χ3v) is 13.8. The van der Waals surface area contributed by atoms with Crippen LogP contribution in [-0.2, 0) is 38.4 Å². The van der Waals surface area contributed by atoms with Crippen molar-refractivity contribution in [2.24, 2.45) is 11.3 Å². The standard InChI is InChI=1S/C46H64N8O6S/c1-10-53-37-16-15-29-21-32(37)33(42(53)31-13-11-19-47-40(31)28(4)59-8)23-46(5,6)18-17-38(55)34-14-12-20-54(50-34)44(57)35(22-39-48-36(29)26-61-39)49-43(56)41(27(2)3)51(7)45(58)52-24-30(25-52)60-9/h11,13,15-16,19,21,26-28,30,34-35,38,41,50,55H,10,12,14,17-18,20,22-25H2,1-9H3,(H,49,56)/t28-,34-,35-,38-,41?/m0/s1. The first-order valence-electron chi connectivity index (χ1n) is 21.8. The summed E-state index contributed by atoms with van der Waals surface area (Å²) in [6, 6.07) is 8.26. The molecule has 1 aromatic carbocycles. The van der Waals surface area contributed by atoms with E-state index in [-0.39, 0.29) is 47.9 Å². The number of thiazole rings is 1. The first-order valence-corrected chi connectivity index (χ1v) is 22.7. The molecular formula is C46H64N8O6S. The number of benzene rings is 1. The van der Waals surface area contributed by atoms with E-state index >= 15 is 0 Å². The summed E-state index contributed by atoms with van der Waals surface area (Å²) >= 11 is 1.45. The van der Waals surface area contributed by atoms with Gasteiger partial charge in [0.25, 0.3) is 5.91 Å². The fourth-order valence-corrected chi connectivity index (χ4v) is 10.2. The molecule has 0 aliphatic carbocycles. The van der Waals surface area contributed by atoms with Gasteiger partial charge in [-0.05, 0) is 87.1 Å². The number of carbonyl (C=O) groups is 3. The maximum Gasteiger partial charge on any atom is 0.320 e. The van der Waals surface area contributed by atoms with Crippen molar-refractivity contribution in [3.63, 3.8) is 0 Å². The number of likely N-dealkylation sites (N-methyl/N-ethyl adjacent to an activating group) is 1. The summed E-state index contributed by atoms with van der Waals surface area (Å²) in [6.45, 7) is 14.6. The average molecular weight is 857 g/mol. The highest BCUT2D eigenvalue weighted by Gasteiger charge is 2.40. The smallest absolute Gasteiger partial charge is 0.320 e. The normalized spacial score (nSPS) is 22.1. The average Bonchev–Trinajstić information content (AvgIpc) is 3.82. The lowest BCUT2D eigenvalue weighted by Gasteiger charge is -2.42. The minimum atomic E-state index is -0.974. The quantitative estimate of drug-likeness (QED) is 0.178. The third kappa shape index (κ3) is 9.22. The molecule has 0 spiro atoms. The molecule has 4 aromatic rings. The fourth-order valence-electron chi connectivity index (χ4n) is 9.38. The SMILES string of the molecule is CCn1c(-c2cccnc2[C@H](C)OC)c2c3cc(ccc31)-c1csc(n1)C[C@H](NC(=O)C(C(C)C)N(C)C(=O)N1CC(OC)C1)C(=O)N1CCC[C@H](N1)[C@@H](O)CCC(C)(C)C2. The minimum absolute atomic E-state index is 0.0218. The van der Waals surface area contributed by atoms with E-state index < -0.39 is 24.1 Å². The lowest BCUT2D eigenvalue weighted by atomic mass is 9.78. The van der Waals surface area contributed by atoms with Crippen molar-refractivity contribution in [2.75, 3.05) is 40.9 Å². The number of carbonyl (C=O) groups excluding carboxylic acids is 3. The van der Waals surface area contributed by atoms with Crippen molar-refractivity contribution < 1.29 is 29.0 Å². The molecule has 330 valence electrons. The molecule has 3 N–H and O–H groups in total. The molecule has 14 nitrogen and oxygen atoms in total. The number of rotatable bonds is 9. The Labute approximate surface area is 364 Å². The number of nitrogens with zero attached hydrogens (tertiary/aromatic N) is 6. The molecule has 7 rings (SSSR count). The Morgan fingerprint density at radius 1 is 1.15 bits per heavy atom. The van der Waals surface area contributed by atoms with Gasteiger partial charge in [0.15, 0.2) is 0 Å². The zero-order valence-corrected chi connectivity index (χ0v) is 38.1. The van der Waals surface area contributed by atoms with Crippen LogP contribution in [0, 0.1) is 11.3 Å². The number of nitrogens with one attached hydrogen (secondary N) is 2. The molecule has 3 aliphatic rings. The molecular weight excluding hydrogens is 793 g/mol. The van der Waals surface area contributed by atoms with Crippen LogP contribution in [0.25, 0.3) is 33.4 Å². The predicted molar refractivity (Wildman–Crippen MR) is 238 cm³/mol. The summed E-state index contributed by atoms with van der Waals surface area (Å²) in [7, 11) is 4.98. The molecule has 6 bridgehead atoms. The van der Waals surface area contributed by atoms with Crippen molar-refractivity contribution in [3.05, 3.63) is 58.2 Å². The molecule has 15 heteroatoms. The molecule has 61 heavy (non-hydrogen) atoms. The first-order chi connectivity index (χ1) is 29.1. The number of hydrazine groups is 1. The van der Waals surface area contributed by atoms with Crippen LogP contribution in [0.1, 0.15) is 89.6 Å². The topological polar surface area (TPSA) is 154 Å². The molecule has 0 radical (unpaired) electrons. The van der Waals surface area contributed by atoms with Crippen molar-refractivity contribution in [1.29, 1.82) is 0 Å². The number of hydrogen-bond acceptors (Lipinski definition) is 10. The van der Waals surface area contributed by atoms with Crippen molar-refractivity contribution >= 4 is 40.1 Å². The van der Waals surface area contributed by atoms with Crippen molar-refractivity contribution in [1.82, 2.24) is 40.1 Å². The molecule has 2 fully saturated rings. The third-order valence-electron chi connectivity index (χ3n) is 12.9. The van der Waals surface area contributed by atoms with Crippen LogP contribution < -0.4 is 10.7 Å². The number of fused-ring (bicyclic) bond motifs is 6. The van der Waals surface area contributed by atoms with Gasteiger partial charge in [0.2, 0.25) is 5.91 Å². The van der Waals surface area contributed by atoms with Gasteiger partial charge in [0.05, 0.1) is 59.5 Å². The molecule has 2 saturated heterocycles. The Balaban J connectivity index is 1.29. The number of aliphatic hydroxyl groups is 1. The van der Waals surface area contributed by atoms with E-state index in [2.05, 4.69) is 60.3 Å². The van der Waals surface area contributed by atoms with E-state index in [4.69, 9.17) is 19.4 Å². The van der Waals surface area contributed by atoms with Crippen LogP contribution in [0.3, 0.4) is 0 Å². The summed E-state index contributed by atoms with van der Waals surface area (Å²) in [5, 5.41) is 20.3. The molecule has 3 aliphatic heterocycles. The number of likely N-dealkylation sites (tertiary alicyclic amines) is 1. The van der Waals surface area contributed by atoms with E-state index in [0.717, 1.165) is 58.5 Å². The number of methoxy groups -OCH3 is 2. The molecule has 3 aromatic heterocycles. The van der Waals surface area contributed by atoms with Crippen LogP contribution in [0.5, 0.6) is 0 Å². The number of aryl methyl sites for hydroxylation is 1. The molecule has 5 atom stereocenters. The van der Waals surface area contributed by atoms with Gasteiger partial charge in [-0.1, -0.05) is 33.8 Å². The number of amides is 4. The number of aliphatic hydroxyl groups excluding tert-OH is 1. The van der Waals surface area contributed by atoms with Gasteiger partial charge in [-0.25, -0.2) is 15.2 Å². The second kappa shape index (κ2) is 18.5. The minimum Gasteiger partial charge on any atom is -0.391 e. The zero-order chi connectivity index (χ0) is 43.7. The number of pyridine rings is 1. The van der Waals surface area contributed by atoms with Gasteiger partial charge in [-0.15, -0.1) is 11.3 Å². The van der Waals surface area contributed by atoms with E-state index in [0.29, 0.717) is 43.9 Å².